The molecule has 0 amide bonds. The maximum atomic E-state index is 5.94. The Morgan fingerprint density at radius 1 is 1.23 bits per heavy atom. The molecule has 0 fully saturated rings. The van der Waals surface area contributed by atoms with Crippen LogP contribution in [-0.2, 0) is 0 Å². The molecule has 0 radical (unpaired) electrons. The van der Waals surface area contributed by atoms with Gasteiger partial charge in [0.1, 0.15) is 0 Å². The van der Waals surface area contributed by atoms with Crippen LogP contribution < -0.4 is 0 Å². The van der Waals surface area contributed by atoms with Gasteiger partial charge in [-0.25, -0.2) is 0 Å². The van der Waals surface area contributed by atoms with Crippen LogP contribution in [-0.4, -0.2) is 5.88 Å². The third-order valence-electron chi connectivity index (χ3n) is 2.36. The van der Waals surface area contributed by atoms with Crippen molar-refractivity contribution in [3.63, 3.8) is 0 Å². The van der Waals surface area contributed by atoms with Crippen LogP contribution in [0.1, 0.15) is 37.7 Å². The van der Waals surface area contributed by atoms with E-state index in [2.05, 4.69) is 37.3 Å². The number of halogens is 1. The molecule has 0 N–H and O–H groups in total. The summed E-state index contributed by atoms with van der Waals surface area (Å²) in [4.78, 5) is 0. The molecule has 0 saturated carbocycles. The molecular formula is C12H17Cl. The SMILES string of the molecule is CCCCC(CCl)c1ccccc1. The topological polar surface area (TPSA) is 0 Å². The highest BCUT2D eigenvalue weighted by Gasteiger charge is 2.08. The summed E-state index contributed by atoms with van der Waals surface area (Å²) in [5.74, 6) is 1.28. The van der Waals surface area contributed by atoms with Crippen LogP contribution in [0.5, 0.6) is 0 Å². The minimum Gasteiger partial charge on any atom is -0.126 e. The minimum absolute atomic E-state index is 0.544. The summed E-state index contributed by atoms with van der Waals surface area (Å²) in [5, 5.41) is 0. The van der Waals surface area contributed by atoms with Gasteiger partial charge in [0.2, 0.25) is 0 Å². The summed E-state index contributed by atoms with van der Waals surface area (Å²) in [6.07, 6.45) is 3.73. The Morgan fingerprint density at radius 2 is 1.92 bits per heavy atom. The van der Waals surface area contributed by atoms with Crippen molar-refractivity contribution in [3.05, 3.63) is 35.9 Å². The Hall–Kier alpha value is -0.490. The third kappa shape index (κ3) is 3.40. The fraction of sp³-hybridized carbons (Fsp3) is 0.500. The largest absolute Gasteiger partial charge is 0.126 e. The molecule has 1 aromatic rings. The quantitative estimate of drug-likeness (QED) is 0.620. The maximum absolute atomic E-state index is 5.94. The van der Waals surface area contributed by atoms with Crippen molar-refractivity contribution in [2.75, 3.05) is 5.88 Å². The van der Waals surface area contributed by atoms with Crippen molar-refractivity contribution in [2.45, 2.75) is 32.1 Å². The van der Waals surface area contributed by atoms with E-state index in [4.69, 9.17) is 11.6 Å². The summed E-state index contributed by atoms with van der Waals surface area (Å²) in [6.45, 7) is 2.22. The number of unbranched alkanes of at least 4 members (excludes halogenated alkanes) is 1. The van der Waals surface area contributed by atoms with Crippen molar-refractivity contribution in [3.8, 4) is 0 Å². The van der Waals surface area contributed by atoms with Crippen molar-refractivity contribution in [1.29, 1.82) is 0 Å². The number of alkyl halides is 1. The number of hydrogen-bond acceptors (Lipinski definition) is 0. The van der Waals surface area contributed by atoms with Crippen molar-refractivity contribution in [1.82, 2.24) is 0 Å². The van der Waals surface area contributed by atoms with Gasteiger partial charge in [-0.1, -0.05) is 50.1 Å². The van der Waals surface area contributed by atoms with Gasteiger partial charge in [-0.15, -0.1) is 11.6 Å². The molecule has 1 atom stereocenters. The Balaban J connectivity index is 2.56. The molecule has 72 valence electrons. The van der Waals surface area contributed by atoms with Crippen LogP contribution in [0.15, 0.2) is 30.3 Å². The van der Waals surface area contributed by atoms with Crippen LogP contribution in [0.2, 0.25) is 0 Å². The highest BCUT2D eigenvalue weighted by atomic mass is 35.5. The lowest BCUT2D eigenvalue weighted by atomic mass is 9.95. The molecule has 0 nitrogen and oxygen atoms in total. The van der Waals surface area contributed by atoms with Gasteiger partial charge in [0.05, 0.1) is 0 Å². The zero-order valence-corrected chi connectivity index (χ0v) is 8.93. The molecule has 1 heteroatoms. The monoisotopic (exact) mass is 196 g/mol. The smallest absolute Gasteiger partial charge is 0.0292 e. The Bertz CT molecular complexity index is 218. The van der Waals surface area contributed by atoms with E-state index in [0.717, 1.165) is 5.88 Å². The van der Waals surface area contributed by atoms with Gasteiger partial charge >= 0.3 is 0 Å². The van der Waals surface area contributed by atoms with Gasteiger partial charge in [-0.05, 0) is 17.9 Å². The Labute approximate surface area is 85.9 Å². The fourth-order valence-electron chi connectivity index (χ4n) is 1.51. The lowest BCUT2D eigenvalue weighted by Crippen LogP contribution is -1.99. The van der Waals surface area contributed by atoms with E-state index in [0.29, 0.717) is 5.92 Å². The Kier molecular flexibility index (Phi) is 4.92. The Morgan fingerprint density at radius 3 is 2.46 bits per heavy atom. The van der Waals surface area contributed by atoms with E-state index in [1.54, 1.807) is 0 Å². The standard InChI is InChI=1S/C12H17Cl/c1-2-3-7-12(10-13)11-8-5-4-6-9-11/h4-6,8-9,12H,2-3,7,10H2,1H3. The molecule has 0 aliphatic carbocycles. The van der Waals surface area contributed by atoms with E-state index >= 15 is 0 Å². The minimum atomic E-state index is 0.544. The van der Waals surface area contributed by atoms with Crippen LogP contribution in [0.4, 0.5) is 0 Å². The zero-order valence-electron chi connectivity index (χ0n) is 8.17. The van der Waals surface area contributed by atoms with Gasteiger partial charge in [0, 0.05) is 5.88 Å². The zero-order chi connectivity index (χ0) is 9.52. The first-order valence-corrected chi connectivity index (χ1v) is 5.52. The summed E-state index contributed by atoms with van der Waals surface area (Å²) < 4.78 is 0. The molecule has 0 bridgehead atoms. The van der Waals surface area contributed by atoms with Crippen LogP contribution in [0.3, 0.4) is 0 Å². The van der Waals surface area contributed by atoms with Gasteiger partial charge in [-0.2, -0.15) is 0 Å². The van der Waals surface area contributed by atoms with Crippen LogP contribution in [0.25, 0.3) is 0 Å². The molecular weight excluding hydrogens is 180 g/mol. The fourth-order valence-corrected chi connectivity index (χ4v) is 1.84. The van der Waals surface area contributed by atoms with E-state index in [9.17, 15) is 0 Å². The molecule has 0 spiro atoms. The maximum Gasteiger partial charge on any atom is 0.0292 e. The number of hydrogen-bond donors (Lipinski definition) is 0. The average molecular weight is 197 g/mol. The predicted molar refractivity (Wildman–Crippen MR) is 59.4 cm³/mol. The first kappa shape index (κ1) is 10.6. The second-order valence-corrected chi connectivity index (χ2v) is 3.71. The van der Waals surface area contributed by atoms with Crippen LogP contribution >= 0.6 is 11.6 Å². The predicted octanol–water partition coefficient (Wildman–Crippen LogP) is 4.20. The van der Waals surface area contributed by atoms with E-state index in [1.165, 1.54) is 24.8 Å². The molecule has 0 aliphatic heterocycles. The summed E-state index contributed by atoms with van der Waals surface area (Å²) in [7, 11) is 0. The van der Waals surface area contributed by atoms with Gasteiger partial charge in [0.15, 0.2) is 0 Å². The van der Waals surface area contributed by atoms with E-state index < -0.39 is 0 Å². The lowest BCUT2D eigenvalue weighted by Gasteiger charge is -2.13. The second kappa shape index (κ2) is 6.04. The summed E-state index contributed by atoms with van der Waals surface area (Å²) >= 11 is 5.94. The first-order valence-electron chi connectivity index (χ1n) is 4.99. The average Bonchev–Trinajstić information content (AvgIpc) is 2.21. The summed E-state index contributed by atoms with van der Waals surface area (Å²) in [5.41, 5.74) is 1.38. The molecule has 1 aromatic carbocycles. The van der Waals surface area contributed by atoms with E-state index in [-0.39, 0.29) is 0 Å². The number of benzene rings is 1. The molecule has 0 heterocycles. The molecule has 1 unspecified atom stereocenters. The van der Waals surface area contributed by atoms with Gasteiger partial charge in [-0.3, -0.25) is 0 Å². The van der Waals surface area contributed by atoms with Gasteiger partial charge < -0.3 is 0 Å². The molecule has 1 rings (SSSR count). The highest BCUT2D eigenvalue weighted by Crippen LogP contribution is 2.22. The normalized spacial score (nSPS) is 12.8. The molecule has 0 saturated heterocycles. The molecule has 13 heavy (non-hydrogen) atoms. The third-order valence-corrected chi connectivity index (χ3v) is 2.74. The molecule has 0 aliphatic rings. The van der Waals surface area contributed by atoms with Crippen molar-refractivity contribution >= 4 is 11.6 Å². The lowest BCUT2D eigenvalue weighted by molar-refractivity contribution is 0.628. The van der Waals surface area contributed by atoms with Crippen molar-refractivity contribution < 1.29 is 0 Å². The number of rotatable bonds is 5. The molecule has 0 aromatic heterocycles. The second-order valence-electron chi connectivity index (χ2n) is 3.40. The summed E-state index contributed by atoms with van der Waals surface area (Å²) in [6, 6.07) is 10.6. The van der Waals surface area contributed by atoms with E-state index in [1.807, 2.05) is 0 Å². The van der Waals surface area contributed by atoms with Crippen molar-refractivity contribution in [2.24, 2.45) is 0 Å². The highest BCUT2D eigenvalue weighted by molar-refractivity contribution is 6.18. The first-order chi connectivity index (χ1) is 6.38. The van der Waals surface area contributed by atoms with Gasteiger partial charge in [0.25, 0.3) is 0 Å². The van der Waals surface area contributed by atoms with Crippen LogP contribution in [0, 0.1) is 0 Å².